The molecule has 2 fully saturated rings. The number of benzene rings is 1. The van der Waals surface area contributed by atoms with E-state index in [1.54, 1.807) is 12.1 Å². The van der Waals surface area contributed by atoms with Gasteiger partial charge in [-0.25, -0.2) is 0 Å². The zero-order valence-electron chi connectivity index (χ0n) is 15.5. The summed E-state index contributed by atoms with van der Waals surface area (Å²) >= 11 is 0. The highest BCUT2D eigenvalue weighted by Crippen LogP contribution is 2.26. The maximum Gasteiger partial charge on any atom is 0.251 e. The molecule has 0 bridgehead atoms. The summed E-state index contributed by atoms with van der Waals surface area (Å²) in [6.45, 7) is 5.73. The van der Waals surface area contributed by atoms with Crippen LogP contribution in [0.2, 0.25) is 0 Å². The minimum Gasteiger partial charge on any atom is -0.348 e. The van der Waals surface area contributed by atoms with Gasteiger partial charge in [0.2, 0.25) is 5.91 Å². The van der Waals surface area contributed by atoms with E-state index in [-0.39, 0.29) is 30.1 Å². The molecule has 0 aromatic heterocycles. The Morgan fingerprint density at radius 1 is 1.12 bits per heavy atom. The lowest BCUT2D eigenvalue weighted by Gasteiger charge is -2.40. The van der Waals surface area contributed by atoms with E-state index in [1.807, 2.05) is 36.9 Å². The first-order valence-corrected chi connectivity index (χ1v) is 9.47. The minimum atomic E-state index is -0.565. The molecule has 26 heavy (non-hydrogen) atoms. The lowest BCUT2D eigenvalue weighted by atomic mass is 9.96. The van der Waals surface area contributed by atoms with Gasteiger partial charge in [0.15, 0.2) is 6.29 Å². The van der Waals surface area contributed by atoms with Gasteiger partial charge in [0.1, 0.15) is 6.04 Å². The number of piperidine rings is 1. The first-order valence-electron chi connectivity index (χ1n) is 9.47. The largest absolute Gasteiger partial charge is 0.348 e. The normalized spacial score (nSPS) is 22.4. The fraction of sp³-hybridized carbons (Fsp3) is 0.600. The quantitative estimate of drug-likeness (QED) is 0.874. The summed E-state index contributed by atoms with van der Waals surface area (Å²) in [5.41, 5.74) is 0.559. The number of carbonyl (C=O) groups excluding carboxylic acids is 2. The Hall–Kier alpha value is -1.92. The number of ether oxygens (including phenoxy) is 2. The summed E-state index contributed by atoms with van der Waals surface area (Å²) in [6, 6.07) is 8.36. The molecule has 0 saturated carbocycles. The molecule has 2 saturated heterocycles. The van der Waals surface area contributed by atoms with Gasteiger partial charge in [0.05, 0.1) is 19.3 Å². The summed E-state index contributed by atoms with van der Waals surface area (Å²) in [5, 5.41) is 2.93. The predicted octanol–water partition coefficient (Wildman–Crippen LogP) is 2.20. The van der Waals surface area contributed by atoms with Gasteiger partial charge in [-0.05, 0) is 37.3 Å². The summed E-state index contributed by atoms with van der Waals surface area (Å²) in [7, 11) is 0. The second kappa shape index (κ2) is 8.64. The number of likely N-dealkylation sites (tertiary alicyclic amines) is 1. The predicted molar refractivity (Wildman–Crippen MR) is 97.6 cm³/mol. The number of nitrogens with zero attached hydrogens (tertiary/aromatic N) is 1. The molecule has 2 heterocycles. The molecule has 3 rings (SSSR count). The minimum absolute atomic E-state index is 0.0110. The SMILES string of the molecule is CC(C)C(NC(=O)c1ccccc1)C(=O)N1CCCCC1C1OCCO1. The van der Waals surface area contributed by atoms with Crippen molar-refractivity contribution in [2.45, 2.75) is 51.5 Å². The van der Waals surface area contributed by atoms with Crippen LogP contribution in [-0.4, -0.2) is 54.8 Å². The number of amides is 2. The molecule has 2 amide bonds. The van der Waals surface area contributed by atoms with Crippen molar-refractivity contribution in [2.24, 2.45) is 5.92 Å². The van der Waals surface area contributed by atoms with Crippen molar-refractivity contribution < 1.29 is 19.1 Å². The fourth-order valence-electron chi connectivity index (χ4n) is 3.62. The van der Waals surface area contributed by atoms with Gasteiger partial charge < -0.3 is 19.7 Å². The number of nitrogens with one attached hydrogen (secondary N) is 1. The average Bonchev–Trinajstić information content (AvgIpc) is 3.20. The van der Waals surface area contributed by atoms with Crippen LogP contribution in [0.25, 0.3) is 0 Å². The highest BCUT2D eigenvalue weighted by atomic mass is 16.7. The van der Waals surface area contributed by atoms with Crippen LogP contribution in [0.3, 0.4) is 0 Å². The molecule has 2 aliphatic rings. The van der Waals surface area contributed by atoms with Crippen LogP contribution in [-0.2, 0) is 14.3 Å². The van der Waals surface area contributed by atoms with Gasteiger partial charge in [-0.3, -0.25) is 9.59 Å². The van der Waals surface area contributed by atoms with E-state index in [4.69, 9.17) is 9.47 Å². The van der Waals surface area contributed by atoms with E-state index >= 15 is 0 Å². The highest BCUT2D eigenvalue weighted by Gasteiger charge is 2.39. The van der Waals surface area contributed by atoms with Gasteiger partial charge in [0, 0.05) is 12.1 Å². The molecule has 2 aliphatic heterocycles. The van der Waals surface area contributed by atoms with Crippen molar-refractivity contribution in [2.75, 3.05) is 19.8 Å². The van der Waals surface area contributed by atoms with Crippen molar-refractivity contribution in [3.63, 3.8) is 0 Å². The molecular weight excluding hydrogens is 332 g/mol. The lowest BCUT2D eigenvalue weighted by molar-refractivity contribution is -0.153. The Morgan fingerprint density at radius 3 is 2.46 bits per heavy atom. The molecular formula is C20H28N2O4. The Balaban J connectivity index is 1.73. The molecule has 1 aromatic rings. The van der Waals surface area contributed by atoms with Crippen molar-refractivity contribution in [3.8, 4) is 0 Å². The molecule has 2 atom stereocenters. The maximum absolute atomic E-state index is 13.3. The molecule has 2 unspecified atom stereocenters. The van der Waals surface area contributed by atoms with Crippen molar-refractivity contribution in [1.82, 2.24) is 10.2 Å². The van der Waals surface area contributed by atoms with E-state index in [0.717, 1.165) is 19.3 Å². The van der Waals surface area contributed by atoms with Crippen LogP contribution < -0.4 is 5.32 Å². The molecule has 0 aliphatic carbocycles. The molecule has 1 N–H and O–H groups in total. The number of rotatable bonds is 5. The third-order valence-electron chi connectivity index (χ3n) is 5.05. The van der Waals surface area contributed by atoms with E-state index in [0.29, 0.717) is 25.3 Å². The van der Waals surface area contributed by atoms with Gasteiger partial charge in [-0.15, -0.1) is 0 Å². The Kier molecular flexibility index (Phi) is 6.27. The molecule has 6 nitrogen and oxygen atoms in total. The Bertz CT molecular complexity index is 613. The van der Waals surface area contributed by atoms with Crippen LogP contribution in [0.1, 0.15) is 43.5 Å². The Labute approximate surface area is 154 Å². The van der Waals surface area contributed by atoms with Crippen molar-refractivity contribution >= 4 is 11.8 Å². The van der Waals surface area contributed by atoms with Crippen LogP contribution >= 0.6 is 0 Å². The highest BCUT2D eigenvalue weighted by molar-refractivity contribution is 5.97. The molecule has 0 radical (unpaired) electrons. The maximum atomic E-state index is 13.3. The van der Waals surface area contributed by atoms with Gasteiger partial charge in [-0.2, -0.15) is 0 Å². The summed E-state index contributed by atoms with van der Waals surface area (Å²) in [6.07, 6.45) is 2.54. The standard InChI is InChI=1S/C20H28N2O4/c1-14(2)17(21-18(23)15-8-4-3-5-9-15)19(24)22-11-7-6-10-16(22)20-25-12-13-26-20/h3-5,8-9,14,16-17,20H,6-7,10-13H2,1-2H3,(H,21,23). The van der Waals surface area contributed by atoms with E-state index < -0.39 is 6.04 Å². The van der Waals surface area contributed by atoms with E-state index in [1.165, 1.54) is 0 Å². The van der Waals surface area contributed by atoms with Gasteiger partial charge in [0.25, 0.3) is 5.91 Å². The van der Waals surface area contributed by atoms with Crippen LogP contribution in [0.4, 0.5) is 0 Å². The van der Waals surface area contributed by atoms with Crippen LogP contribution in [0, 0.1) is 5.92 Å². The molecule has 142 valence electrons. The van der Waals surface area contributed by atoms with E-state index in [2.05, 4.69) is 5.32 Å². The first kappa shape index (κ1) is 18.9. The van der Waals surface area contributed by atoms with Crippen molar-refractivity contribution in [3.05, 3.63) is 35.9 Å². The smallest absolute Gasteiger partial charge is 0.251 e. The zero-order chi connectivity index (χ0) is 18.5. The molecule has 0 spiro atoms. The third kappa shape index (κ3) is 4.24. The van der Waals surface area contributed by atoms with Crippen molar-refractivity contribution in [1.29, 1.82) is 0 Å². The summed E-state index contributed by atoms with van der Waals surface area (Å²) in [4.78, 5) is 27.7. The van der Waals surface area contributed by atoms with Crippen LogP contribution in [0.15, 0.2) is 30.3 Å². The number of hydrogen-bond acceptors (Lipinski definition) is 4. The number of hydrogen-bond donors (Lipinski definition) is 1. The van der Waals surface area contributed by atoms with Gasteiger partial charge in [-0.1, -0.05) is 32.0 Å². The van der Waals surface area contributed by atoms with Crippen LogP contribution in [0.5, 0.6) is 0 Å². The number of carbonyl (C=O) groups is 2. The second-order valence-corrected chi connectivity index (χ2v) is 7.27. The molecule has 1 aromatic carbocycles. The fourth-order valence-corrected chi connectivity index (χ4v) is 3.62. The third-order valence-corrected chi connectivity index (χ3v) is 5.05. The monoisotopic (exact) mass is 360 g/mol. The van der Waals surface area contributed by atoms with Gasteiger partial charge >= 0.3 is 0 Å². The van der Waals surface area contributed by atoms with E-state index in [9.17, 15) is 9.59 Å². The lowest BCUT2D eigenvalue weighted by Crippen LogP contribution is -2.58. The summed E-state index contributed by atoms with van der Waals surface area (Å²) < 4.78 is 11.3. The first-order chi connectivity index (χ1) is 12.6. The second-order valence-electron chi connectivity index (χ2n) is 7.27. The topological polar surface area (TPSA) is 67.9 Å². The molecule has 6 heteroatoms. The average molecular weight is 360 g/mol. The Morgan fingerprint density at radius 2 is 1.81 bits per heavy atom. The summed E-state index contributed by atoms with van der Waals surface area (Å²) in [5.74, 6) is -0.282. The zero-order valence-corrected chi connectivity index (χ0v) is 15.5.